The van der Waals surface area contributed by atoms with E-state index in [0.29, 0.717) is 19.8 Å². The molecule has 1 saturated carbocycles. The Bertz CT molecular complexity index is 215. The van der Waals surface area contributed by atoms with Gasteiger partial charge in [0.1, 0.15) is 0 Å². The van der Waals surface area contributed by atoms with Crippen molar-refractivity contribution in [3.8, 4) is 0 Å². The number of aliphatic hydroxyl groups excluding tert-OH is 1. The zero-order valence-electron chi connectivity index (χ0n) is 8.09. The molecule has 0 saturated heterocycles. The number of hydrogen-bond donors (Lipinski definition) is 2. The second kappa shape index (κ2) is 4.21. The predicted octanol–water partition coefficient (Wildman–Crippen LogP) is 1.06. The van der Waals surface area contributed by atoms with Gasteiger partial charge in [0.15, 0.2) is 0 Å². The molecule has 3 nitrogen and oxygen atoms in total. The molecule has 1 rings (SSSR count). The molecule has 0 aromatic heterocycles. The molecular weight excluding hydrogens is 192 g/mol. The van der Waals surface area contributed by atoms with Gasteiger partial charge in [0.05, 0.1) is 18.6 Å². The van der Waals surface area contributed by atoms with Crippen LogP contribution in [0.3, 0.4) is 0 Å². The summed E-state index contributed by atoms with van der Waals surface area (Å²) >= 11 is 0. The van der Waals surface area contributed by atoms with E-state index in [1.807, 2.05) is 0 Å². The first-order chi connectivity index (χ1) is 6.38. The Morgan fingerprint density at radius 1 is 1.57 bits per heavy atom. The molecule has 2 atom stereocenters. The average molecular weight is 207 g/mol. The fourth-order valence-corrected chi connectivity index (χ4v) is 1.65. The zero-order valence-corrected chi connectivity index (χ0v) is 8.09. The molecule has 2 N–H and O–H groups in total. The molecule has 1 aliphatic carbocycles. The van der Waals surface area contributed by atoms with Gasteiger partial charge in [-0.05, 0) is 26.2 Å². The lowest BCUT2D eigenvalue weighted by molar-refractivity contribution is -0.128. The van der Waals surface area contributed by atoms with Crippen molar-refractivity contribution in [2.45, 2.75) is 50.7 Å². The van der Waals surface area contributed by atoms with E-state index in [1.165, 1.54) is 0 Å². The summed E-state index contributed by atoms with van der Waals surface area (Å²) < 4.78 is 24.8. The van der Waals surface area contributed by atoms with Crippen LogP contribution in [-0.2, 0) is 4.79 Å². The van der Waals surface area contributed by atoms with Crippen molar-refractivity contribution in [1.29, 1.82) is 0 Å². The Balaban J connectivity index is 2.33. The van der Waals surface area contributed by atoms with Crippen LogP contribution in [0.2, 0.25) is 0 Å². The first kappa shape index (κ1) is 11.4. The van der Waals surface area contributed by atoms with Gasteiger partial charge in [0, 0.05) is 0 Å². The molecule has 0 aliphatic heterocycles. The summed E-state index contributed by atoms with van der Waals surface area (Å²) in [6.07, 6.45) is 0.741. The van der Waals surface area contributed by atoms with Crippen molar-refractivity contribution in [1.82, 2.24) is 5.32 Å². The Labute approximate surface area is 81.5 Å². The summed E-state index contributed by atoms with van der Waals surface area (Å²) in [6.45, 7) is 0.706. The monoisotopic (exact) mass is 207 g/mol. The van der Waals surface area contributed by atoms with E-state index in [0.717, 1.165) is 6.42 Å². The maximum absolute atomic E-state index is 12.4. The van der Waals surface area contributed by atoms with Gasteiger partial charge in [-0.3, -0.25) is 4.79 Å². The van der Waals surface area contributed by atoms with Crippen LogP contribution in [0.4, 0.5) is 8.78 Å². The minimum atomic E-state index is -2.98. The minimum Gasteiger partial charge on any atom is -0.391 e. The number of amides is 1. The molecule has 0 heterocycles. The smallest absolute Gasteiger partial charge is 0.254 e. The molecule has 1 aliphatic rings. The third-order valence-electron chi connectivity index (χ3n) is 2.30. The molecule has 0 radical (unpaired) electrons. The number of halogens is 2. The number of carbonyl (C=O) groups excluding carboxylic acids is 1. The summed E-state index contributed by atoms with van der Waals surface area (Å²) in [5.74, 6) is -3.67. The average Bonchev–Trinajstić information content (AvgIpc) is 2.32. The first-order valence-corrected chi connectivity index (χ1v) is 4.74. The van der Waals surface area contributed by atoms with E-state index in [4.69, 9.17) is 0 Å². The molecule has 0 aromatic carbocycles. The number of rotatable bonds is 3. The SMILES string of the molecule is CC(F)(F)CC(=O)N[C@@H]1CCC[C@H]1O. The topological polar surface area (TPSA) is 49.3 Å². The van der Waals surface area contributed by atoms with Gasteiger partial charge in [-0.25, -0.2) is 8.78 Å². The highest BCUT2D eigenvalue weighted by atomic mass is 19.3. The molecule has 0 bridgehead atoms. The highest BCUT2D eigenvalue weighted by Crippen LogP contribution is 2.20. The molecule has 0 unspecified atom stereocenters. The van der Waals surface area contributed by atoms with Crippen molar-refractivity contribution in [3.05, 3.63) is 0 Å². The summed E-state index contributed by atoms with van der Waals surface area (Å²) in [6, 6.07) is -0.343. The number of alkyl halides is 2. The van der Waals surface area contributed by atoms with Crippen LogP contribution in [0.1, 0.15) is 32.6 Å². The van der Waals surface area contributed by atoms with Gasteiger partial charge >= 0.3 is 0 Å². The van der Waals surface area contributed by atoms with Crippen molar-refractivity contribution in [2.75, 3.05) is 0 Å². The van der Waals surface area contributed by atoms with E-state index in [2.05, 4.69) is 5.32 Å². The van der Waals surface area contributed by atoms with Crippen molar-refractivity contribution in [2.24, 2.45) is 0 Å². The van der Waals surface area contributed by atoms with E-state index < -0.39 is 24.4 Å². The van der Waals surface area contributed by atoms with Gasteiger partial charge < -0.3 is 10.4 Å². The second-order valence-corrected chi connectivity index (χ2v) is 3.92. The predicted molar refractivity (Wildman–Crippen MR) is 47.0 cm³/mol. The lowest BCUT2D eigenvalue weighted by Crippen LogP contribution is -2.41. The number of carbonyl (C=O) groups is 1. The van der Waals surface area contributed by atoms with Crippen molar-refractivity contribution >= 4 is 5.91 Å². The number of hydrogen-bond acceptors (Lipinski definition) is 2. The van der Waals surface area contributed by atoms with Crippen LogP contribution >= 0.6 is 0 Å². The third-order valence-corrected chi connectivity index (χ3v) is 2.30. The quantitative estimate of drug-likeness (QED) is 0.727. The van der Waals surface area contributed by atoms with E-state index in [-0.39, 0.29) is 6.04 Å². The third kappa shape index (κ3) is 3.57. The Morgan fingerprint density at radius 3 is 2.64 bits per heavy atom. The molecular formula is C9H15F2NO2. The van der Waals surface area contributed by atoms with E-state index >= 15 is 0 Å². The molecule has 1 amide bonds. The Morgan fingerprint density at radius 2 is 2.21 bits per heavy atom. The van der Waals surface area contributed by atoms with Crippen LogP contribution in [0.5, 0.6) is 0 Å². The maximum atomic E-state index is 12.4. The molecule has 5 heteroatoms. The van der Waals surface area contributed by atoms with Crippen LogP contribution < -0.4 is 5.32 Å². The lowest BCUT2D eigenvalue weighted by atomic mass is 10.2. The summed E-state index contributed by atoms with van der Waals surface area (Å²) in [4.78, 5) is 11.1. The Kier molecular flexibility index (Phi) is 3.42. The number of aliphatic hydroxyl groups is 1. The molecule has 0 spiro atoms. The van der Waals surface area contributed by atoms with E-state index in [9.17, 15) is 18.7 Å². The largest absolute Gasteiger partial charge is 0.391 e. The zero-order chi connectivity index (χ0) is 10.8. The van der Waals surface area contributed by atoms with Crippen molar-refractivity contribution in [3.63, 3.8) is 0 Å². The standard InChI is InChI=1S/C9H15F2NO2/c1-9(10,11)5-8(14)12-6-3-2-4-7(6)13/h6-7,13H,2-5H2,1H3,(H,12,14)/t6-,7-/m1/s1. The fourth-order valence-electron chi connectivity index (χ4n) is 1.65. The maximum Gasteiger partial charge on any atom is 0.254 e. The van der Waals surface area contributed by atoms with Crippen LogP contribution in [0.15, 0.2) is 0 Å². The molecule has 82 valence electrons. The molecule has 14 heavy (non-hydrogen) atoms. The molecule has 0 aromatic rings. The highest BCUT2D eigenvalue weighted by molar-refractivity contribution is 5.77. The van der Waals surface area contributed by atoms with Gasteiger partial charge in [-0.15, -0.1) is 0 Å². The summed E-state index contributed by atoms with van der Waals surface area (Å²) in [7, 11) is 0. The van der Waals surface area contributed by atoms with Crippen molar-refractivity contribution < 1.29 is 18.7 Å². The van der Waals surface area contributed by atoms with Crippen LogP contribution in [0.25, 0.3) is 0 Å². The van der Waals surface area contributed by atoms with Gasteiger partial charge in [-0.1, -0.05) is 0 Å². The Hall–Kier alpha value is -0.710. The number of nitrogens with one attached hydrogen (secondary N) is 1. The minimum absolute atomic E-state index is 0.343. The summed E-state index contributed by atoms with van der Waals surface area (Å²) in [5, 5.41) is 11.8. The normalized spacial score (nSPS) is 27.7. The van der Waals surface area contributed by atoms with Gasteiger partial charge in [0.2, 0.25) is 5.91 Å². The lowest BCUT2D eigenvalue weighted by Gasteiger charge is -2.17. The fraction of sp³-hybridized carbons (Fsp3) is 0.889. The van der Waals surface area contributed by atoms with Crippen LogP contribution in [0, 0.1) is 0 Å². The first-order valence-electron chi connectivity index (χ1n) is 4.74. The molecule has 1 fully saturated rings. The van der Waals surface area contributed by atoms with Crippen LogP contribution in [-0.4, -0.2) is 29.1 Å². The summed E-state index contributed by atoms with van der Waals surface area (Å²) in [5.41, 5.74) is 0. The van der Waals surface area contributed by atoms with Gasteiger partial charge in [0.25, 0.3) is 5.92 Å². The highest BCUT2D eigenvalue weighted by Gasteiger charge is 2.30. The van der Waals surface area contributed by atoms with E-state index in [1.54, 1.807) is 0 Å². The van der Waals surface area contributed by atoms with Gasteiger partial charge in [-0.2, -0.15) is 0 Å². The second-order valence-electron chi connectivity index (χ2n) is 3.92.